The summed E-state index contributed by atoms with van der Waals surface area (Å²) in [5, 5.41) is 3.34. The van der Waals surface area contributed by atoms with Crippen molar-refractivity contribution in [3.63, 3.8) is 0 Å². The number of hydrogen-bond acceptors (Lipinski definition) is 5. The molecule has 1 aromatic heterocycles. The van der Waals surface area contributed by atoms with E-state index in [1.165, 1.54) is 16.2 Å². The van der Waals surface area contributed by atoms with E-state index < -0.39 is 0 Å². The molecule has 0 unspecified atom stereocenters. The van der Waals surface area contributed by atoms with E-state index in [1.54, 1.807) is 0 Å². The van der Waals surface area contributed by atoms with Crippen LogP contribution in [-0.4, -0.2) is 34.2 Å². The molecule has 0 radical (unpaired) electrons. The van der Waals surface area contributed by atoms with Crippen molar-refractivity contribution >= 4 is 44.4 Å². The van der Waals surface area contributed by atoms with Crippen molar-refractivity contribution < 1.29 is 14.4 Å². The number of likely N-dealkylation sites (tertiary alicyclic amines) is 1. The van der Waals surface area contributed by atoms with Crippen molar-refractivity contribution in [1.82, 2.24) is 9.88 Å². The van der Waals surface area contributed by atoms with Crippen molar-refractivity contribution in [3.05, 3.63) is 35.4 Å². The van der Waals surface area contributed by atoms with Crippen molar-refractivity contribution in [1.29, 1.82) is 0 Å². The Kier molecular flexibility index (Phi) is 4.55. The van der Waals surface area contributed by atoms with Gasteiger partial charge in [-0.15, -0.1) is 0 Å². The van der Waals surface area contributed by atoms with Crippen LogP contribution >= 0.6 is 11.3 Å². The standard InChI is InChI=1S/C20H21N3O3S/c1-11-9-12(2)17-15(10-11)27-20(22-17)21-16(24)7-8-23-18(25)13-5-3-4-6-14(13)19(23)26/h3-4,9-10,13-14H,5-8H2,1-2H3,(H,21,22,24)/t13-,14+. The molecule has 3 amide bonds. The van der Waals surface area contributed by atoms with Gasteiger partial charge in [-0.2, -0.15) is 0 Å². The maximum Gasteiger partial charge on any atom is 0.233 e. The SMILES string of the molecule is Cc1cc(C)c2nc(NC(=O)CCN3C(=O)[C@H]4CC=CC[C@H]4C3=O)sc2c1. The maximum absolute atomic E-state index is 12.4. The Hall–Kier alpha value is -2.54. The fraction of sp³-hybridized carbons (Fsp3) is 0.400. The zero-order chi connectivity index (χ0) is 19.1. The molecule has 27 heavy (non-hydrogen) atoms. The first-order valence-electron chi connectivity index (χ1n) is 9.12. The minimum Gasteiger partial charge on any atom is -0.302 e. The molecule has 6 nitrogen and oxygen atoms in total. The third-order valence-electron chi connectivity index (χ3n) is 5.24. The molecule has 1 saturated heterocycles. The molecule has 4 rings (SSSR count). The minimum absolute atomic E-state index is 0.0816. The highest BCUT2D eigenvalue weighted by Crippen LogP contribution is 2.35. The van der Waals surface area contributed by atoms with Crippen LogP contribution < -0.4 is 5.32 Å². The van der Waals surface area contributed by atoms with Crippen molar-refractivity contribution in [2.24, 2.45) is 11.8 Å². The first-order chi connectivity index (χ1) is 12.9. The second-order valence-corrected chi connectivity index (χ2v) is 8.26. The molecule has 140 valence electrons. The second kappa shape index (κ2) is 6.88. The van der Waals surface area contributed by atoms with E-state index in [9.17, 15) is 14.4 Å². The number of thiazole rings is 1. The van der Waals surface area contributed by atoms with Crippen LogP contribution in [0.25, 0.3) is 10.2 Å². The van der Waals surface area contributed by atoms with Gasteiger partial charge in [0, 0.05) is 13.0 Å². The Balaban J connectivity index is 1.40. The Morgan fingerprint density at radius 2 is 1.85 bits per heavy atom. The zero-order valence-electron chi connectivity index (χ0n) is 15.3. The number of fused-ring (bicyclic) bond motifs is 2. The van der Waals surface area contributed by atoms with E-state index in [0.717, 1.165) is 21.3 Å². The lowest BCUT2D eigenvalue weighted by Gasteiger charge is -2.14. The highest BCUT2D eigenvalue weighted by Gasteiger charge is 2.46. The summed E-state index contributed by atoms with van der Waals surface area (Å²) in [4.78, 5) is 42.9. The molecule has 0 bridgehead atoms. The summed E-state index contributed by atoms with van der Waals surface area (Å²) < 4.78 is 1.03. The first kappa shape index (κ1) is 17.9. The highest BCUT2D eigenvalue weighted by molar-refractivity contribution is 7.22. The Labute approximate surface area is 161 Å². The van der Waals surface area contributed by atoms with Gasteiger partial charge in [-0.25, -0.2) is 4.98 Å². The molecule has 0 spiro atoms. The summed E-state index contributed by atoms with van der Waals surface area (Å²) in [5.74, 6) is -1.03. The van der Waals surface area contributed by atoms with Crippen LogP contribution in [0.2, 0.25) is 0 Å². The number of hydrogen-bond donors (Lipinski definition) is 1. The lowest BCUT2D eigenvalue weighted by Crippen LogP contribution is -2.34. The molecule has 0 saturated carbocycles. The number of imide groups is 1. The number of rotatable bonds is 4. The van der Waals surface area contributed by atoms with Crippen LogP contribution in [0.5, 0.6) is 0 Å². The number of benzene rings is 1. The molecule has 2 aliphatic rings. The smallest absolute Gasteiger partial charge is 0.233 e. The van der Waals surface area contributed by atoms with E-state index in [0.29, 0.717) is 18.0 Å². The Morgan fingerprint density at radius 3 is 2.52 bits per heavy atom. The van der Waals surface area contributed by atoms with Gasteiger partial charge in [0.15, 0.2) is 5.13 Å². The maximum atomic E-state index is 12.4. The van der Waals surface area contributed by atoms with Gasteiger partial charge in [0.05, 0.1) is 22.1 Å². The zero-order valence-corrected chi connectivity index (χ0v) is 16.1. The molecule has 1 fully saturated rings. The van der Waals surface area contributed by atoms with E-state index in [-0.39, 0.29) is 42.5 Å². The van der Waals surface area contributed by atoms with Gasteiger partial charge < -0.3 is 5.32 Å². The van der Waals surface area contributed by atoms with E-state index >= 15 is 0 Å². The number of nitrogens with one attached hydrogen (secondary N) is 1. The normalized spacial score (nSPS) is 21.8. The molecule has 1 aliphatic heterocycles. The fourth-order valence-corrected chi connectivity index (χ4v) is 4.97. The van der Waals surface area contributed by atoms with Crippen molar-refractivity contribution in [3.8, 4) is 0 Å². The molecule has 1 N–H and O–H groups in total. The molecule has 7 heteroatoms. The number of anilines is 1. The molecular weight excluding hydrogens is 362 g/mol. The van der Waals surface area contributed by atoms with Crippen LogP contribution in [0.1, 0.15) is 30.4 Å². The lowest BCUT2D eigenvalue weighted by atomic mass is 9.85. The van der Waals surface area contributed by atoms with Gasteiger partial charge in [0.2, 0.25) is 17.7 Å². The highest BCUT2D eigenvalue weighted by atomic mass is 32.1. The molecular formula is C20H21N3O3S. The van der Waals surface area contributed by atoms with Gasteiger partial charge in [0.1, 0.15) is 0 Å². The van der Waals surface area contributed by atoms with E-state index in [2.05, 4.69) is 16.4 Å². The second-order valence-electron chi connectivity index (χ2n) is 7.23. The average molecular weight is 383 g/mol. The minimum atomic E-state index is -0.249. The van der Waals surface area contributed by atoms with Gasteiger partial charge in [-0.05, 0) is 43.9 Å². The van der Waals surface area contributed by atoms with E-state index in [1.807, 2.05) is 32.1 Å². The Bertz CT molecular complexity index is 952. The number of carbonyl (C=O) groups excluding carboxylic acids is 3. The molecule has 1 aliphatic carbocycles. The van der Waals surface area contributed by atoms with Crippen LogP contribution in [0.15, 0.2) is 24.3 Å². The van der Waals surface area contributed by atoms with Crippen LogP contribution in [0.4, 0.5) is 5.13 Å². The molecule has 2 heterocycles. The molecule has 2 aromatic rings. The summed E-state index contributed by atoms with van der Waals surface area (Å²) >= 11 is 1.43. The predicted octanol–water partition coefficient (Wildman–Crippen LogP) is 3.19. The van der Waals surface area contributed by atoms with Gasteiger partial charge in [0.25, 0.3) is 0 Å². The number of aryl methyl sites for hydroxylation is 2. The van der Waals surface area contributed by atoms with Crippen molar-refractivity contribution in [2.45, 2.75) is 33.1 Å². The van der Waals surface area contributed by atoms with Gasteiger partial charge >= 0.3 is 0 Å². The first-order valence-corrected chi connectivity index (χ1v) is 9.93. The van der Waals surface area contributed by atoms with E-state index in [4.69, 9.17) is 0 Å². The summed E-state index contributed by atoms with van der Waals surface area (Å²) in [6.45, 7) is 4.15. The van der Waals surface area contributed by atoms with Crippen LogP contribution in [-0.2, 0) is 14.4 Å². The van der Waals surface area contributed by atoms with Gasteiger partial charge in [-0.1, -0.05) is 29.6 Å². The van der Waals surface area contributed by atoms with Crippen molar-refractivity contribution in [2.75, 3.05) is 11.9 Å². The van der Waals surface area contributed by atoms with Crippen LogP contribution in [0.3, 0.4) is 0 Å². The summed E-state index contributed by atoms with van der Waals surface area (Å²) in [6, 6.07) is 4.11. The number of allylic oxidation sites excluding steroid dienone is 2. The number of carbonyl (C=O) groups is 3. The quantitative estimate of drug-likeness (QED) is 0.650. The lowest BCUT2D eigenvalue weighted by molar-refractivity contribution is -0.140. The third-order valence-corrected chi connectivity index (χ3v) is 6.16. The molecule has 1 aromatic carbocycles. The number of amides is 3. The monoisotopic (exact) mass is 383 g/mol. The topological polar surface area (TPSA) is 79.4 Å². The third kappa shape index (κ3) is 3.27. The van der Waals surface area contributed by atoms with Gasteiger partial charge in [-0.3, -0.25) is 19.3 Å². The summed E-state index contributed by atoms with van der Waals surface area (Å²) in [7, 11) is 0. The fourth-order valence-electron chi connectivity index (χ4n) is 3.91. The largest absolute Gasteiger partial charge is 0.302 e. The average Bonchev–Trinajstić information content (AvgIpc) is 3.13. The predicted molar refractivity (Wildman–Crippen MR) is 104 cm³/mol. The summed E-state index contributed by atoms with van der Waals surface area (Å²) in [6.07, 6.45) is 5.22. The Morgan fingerprint density at radius 1 is 1.19 bits per heavy atom. The molecule has 2 atom stereocenters. The summed E-state index contributed by atoms with van der Waals surface area (Å²) in [5.41, 5.74) is 3.12. The number of nitrogens with zero attached hydrogens (tertiary/aromatic N) is 2. The van der Waals surface area contributed by atoms with Crippen LogP contribution in [0, 0.1) is 25.7 Å². The number of aromatic nitrogens is 1.